The van der Waals surface area contributed by atoms with Crippen molar-refractivity contribution in [1.29, 1.82) is 0 Å². The SMILES string of the molecule is Cn1ccc2cc(CCc3ccccc3)ccc21. The lowest BCUT2D eigenvalue weighted by molar-refractivity contribution is 0.955. The molecule has 0 amide bonds. The van der Waals surface area contributed by atoms with Crippen LogP contribution in [-0.4, -0.2) is 4.57 Å². The number of hydrogen-bond acceptors (Lipinski definition) is 0. The lowest BCUT2D eigenvalue weighted by Crippen LogP contribution is -1.91. The van der Waals surface area contributed by atoms with Gasteiger partial charge in [-0.3, -0.25) is 0 Å². The molecular weight excluding hydrogens is 218 g/mol. The molecule has 0 radical (unpaired) electrons. The third kappa shape index (κ3) is 2.17. The third-order valence-corrected chi connectivity index (χ3v) is 3.49. The van der Waals surface area contributed by atoms with Crippen molar-refractivity contribution in [2.75, 3.05) is 0 Å². The molecule has 0 saturated heterocycles. The lowest BCUT2D eigenvalue weighted by Gasteiger charge is -2.03. The highest BCUT2D eigenvalue weighted by atomic mass is 14.9. The molecule has 1 heteroatoms. The summed E-state index contributed by atoms with van der Waals surface area (Å²) in [5, 5.41) is 1.34. The number of hydrogen-bond donors (Lipinski definition) is 0. The van der Waals surface area contributed by atoms with Crippen LogP contribution in [0, 0.1) is 0 Å². The zero-order valence-electron chi connectivity index (χ0n) is 10.6. The molecule has 0 unspecified atom stereocenters. The monoisotopic (exact) mass is 235 g/mol. The molecule has 2 aromatic carbocycles. The van der Waals surface area contributed by atoms with Crippen LogP contribution in [0.4, 0.5) is 0 Å². The van der Waals surface area contributed by atoms with E-state index < -0.39 is 0 Å². The molecule has 0 aliphatic carbocycles. The first-order valence-corrected chi connectivity index (χ1v) is 6.41. The molecule has 18 heavy (non-hydrogen) atoms. The number of fused-ring (bicyclic) bond motifs is 1. The normalized spacial score (nSPS) is 10.9. The molecule has 0 N–H and O–H groups in total. The Labute approximate surface area is 108 Å². The molecule has 0 atom stereocenters. The smallest absolute Gasteiger partial charge is 0.0477 e. The van der Waals surface area contributed by atoms with Crippen LogP contribution in [0.5, 0.6) is 0 Å². The van der Waals surface area contributed by atoms with Gasteiger partial charge in [-0.1, -0.05) is 36.4 Å². The van der Waals surface area contributed by atoms with Gasteiger partial charge in [0, 0.05) is 18.8 Å². The summed E-state index contributed by atoms with van der Waals surface area (Å²) in [6, 6.07) is 19.6. The molecule has 0 bridgehead atoms. The minimum atomic E-state index is 1.11. The molecule has 1 aromatic heterocycles. The Morgan fingerprint density at radius 1 is 0.833 bits per heavy atom. The maximum Gasteiger partial charge on any atom is 0.0477 e. The fourth-order valence-corrected chi connectivity index (χ4v) is 2.42. The van der Waals surface area contributed by atoms with Gasteiger partial charge in [-0.25, -0.2) is 0 Å². The summed E-state index contributed by atoms with van der Waals surface area (Å²) in [5.41, 5.74) is 4.13. The first-order chi connectivity index (χ1) is 8.83. The molecule has 3 rings (SSSR count). The molecule has 1 nitrogen and oxygen atoms in total. The van der Waals surface area contributed by atoms with Gasteiger partial charge in [0.25, 0.3) is 0 Å². The number of aromatic nitrogens is 1. The van der Waals surface area contributed by atoms with Crippen LogP contribution in [0.25, 0.3) is 10.9 Å². The Hall–Kier alpha value is -2.02. The Morgan fingerprint density at radius 2 is 1.61 bits per heavy atom. The number of benzene rings is 2. The predicted molar refractivity (Wildman–Crippen MR) is 76.8 cm³/mol. The summed E-state index contributed by atoms with van der Waals surface area (Å²) in [5.74, 6) is 0. The Balaban J connectivity index is 1.79. The van der Waals surface area contributed by atoms with Crippen molar-refractivity contribution >= 4 is 10.9 Å². The van der Waals surface area contributed by atoms with E-state index in [0.717, 1.165) is 12.8 Å². The largest absolute Gasteiger partial charge is 0.351 e. The van der Waals surface area contributed by atoms with Crippen molar-refractivity contribution in [2.24, 2.45) is 7.05 Å². The van der Waals surface area contributed by atoms with Crippen molar-refractivity contribution in [1.82, 2.24) is 4.57 Å². The summed E-state index contributed by atoms with van der Waals surface area (Å²) in [4.78, 5) is 0. The molecule has 3 aromatic rings. The zero-order valence-corrected chi connectivity index (χ0v) is 10.6. The summed E-state index contributed by atoms with van der Waals surface area (Å²) in [7, 11) is 2.09. The Bertz CT molecular complexity index is 650. The van der Waals surface area contributed by atoms with E-state index in [-0.39, 0.29) is 0 Å². The molecule has 1 heterocycles. The van der Waals surface area contributed by atoms with Crippen molar-refractivity contribution in [2.45, 2.75) is 12.8 Å². The van der Waals surface area contributed by atoms with Crippen molar-refractivity contribution < 1.29 is 0 Å². The summed E-state index contributed by atoms with van der Waals surface area (Å²) < 4.78 is 2.16. The highest BCUT2D eigenvalue weighted by Crippen LogP contribution is 2.17. The number of aryl methyl sites for hydroxylation is 3. The van der Waals surface area contributed by atoms with Crippen LogP contribution >= 0.6 is 0 Å². The summed E-state index contributed by atoms with van der Waals surface area (Å²) >= 11 is 0. The first kappa shape index (κ1) is 11.1. The van der Waals surface area contributed by atoms with E-state index in [1.807, 2.05) is 0 Å². The predicted octanol–water partition coefficient (Wildman–Crippen LogP) is 3.96. The molecular formula is C17H17N. The lowest BCUT2D eigenvalue weighted by atomic mass is 10.0. The van der Waals surface area contributed by atoms with Gasteiger partial charge in [0.1, 0.15) is 0 Å². The van der Waals surface area contributed by atoms with Crippen molar-refractivity contribution in [3.8, 4) is 0 Å². The number of rotatable bonds is 3. The van der Waals surface area contributed by atoms with Gasteiger partial charge < -0.3 is 4.57 Å². The maximum atomic E-state index is 2.30. The van der Waals surface area contributed by atoms with E-state index in [1.165, 1.54) is 22.0 Å². The average Bonchev–Trinajstić information content (AvgIpc) is 2.79. The number of nitrogens with zero attached hydrogens (tertiary/aromatic N) is 1. The topological polar surface area (TPSA) is 4.93 Å². The Kier molecular flexibility index (Phi) is 2.89. The van der Waals surface area contributed by atoms with Gasteiger partial charge in [0.2, 0.25) is 0 Å². The van der Waals surface area contributed by atoms with Gasteiger partial charge in [-0.05, 0) is 47.6 Å². The third-order valence-electron chi connectivity index (χ3n) is 3.49. The van der Waals surface area contributed by atoms with Gasteiger partial charge in [0.05, 0.1) is 0 Å². The van der Waals surface area contributed by atoms with Crippen molar-refractivity contribution in [3.05, 3.63) is 71.9 Å². The fourth-order valence-electron chi connectivity index (χ4n) is 2.42. The van der Waals surface area contributed by atoms with Gasteiger partial charge >= 0.3 is 0 Å². The van der Waals surface area contributed by atoms with E-state index >= 15 is 0 Å². The minimum Gasteiger partial charge on any atom is -0.351 e. The van der Waals surface area contributed by atoms with Crippen LogP contribution in [0.2, 0.25) is 0 Å². The van der Waals surface area contributed by atoms with Crippen LogP contribution in [0.3, 0.4) is 0 Å². The standard InChI is InChI=1S/C17H17N/c1-18-12-11-16-13-15(9-10-17(16)18)8-7-14-5-3-2-4-6-14/h2-6,9-13H,7-8H2,1H3. The molecule has 0 spiro atoms. The maximum absolute atomic E-state index is 2.30. The van der Waals surface area contributed by atoms with Crippen LogP contribution in [0.15, 0.2) is 60.8 Å². The fraction of sp³-hybridized carbons (Fsp3) is 0.176. The van der Waals surface area contributed by atoms with E-state index in [1.54, 1.807) is 0 Å². The van der Waals surface area contributed by atoms with E-state index in [2.05, 4.69) is 72.4 Å². The second-order valence-corrected chi connectivity index (χ2v) is 4.81. The van der Waals surface area contributed by atoms with E-state index in [4.69, 9.17) is 0 Å². The van der Waals surface area contributed by atoms with Crippen LogP contribution in [0.1, 0.15) is 11.1 Å². The average molecular weight is 235 g/mol. The van der Waals surface area contributed by atoms with Gasteiger partial charge in [0.15, 0.2) is 0 Å². The second-order valence-electron chi connectivity index (χ2n) is 4.81. The highest BCUT2D eigenvalue weighted by molar-refractivity contribution is 5.80. The quantitative estimate of drug-likeness (QED) is 0.647. The van der Waals surface area contributed by atoms with Gasteiger partial charge in [-0.15, -0.1) is 0 Å². The first-order valence-electron chi connectivity index (χ1n) is 6.41. The molecule has 0 aliphatic rings. The van der Waals surface area contributed by atoms with E-state index in [0.29, 0.717) is 0 Å². The van der Waals surface area contributed by atoms with Gasteiger partial charge in [-0.2, -0.15) is 0 Å². The van der Waals surface area contributed by atoms with Crippen molar-refractivity contribution in [3.63, 3.8) is 0 Å². The summed E-state index contributed by atoms with van der Waals surface area (Å²) in [6.07, 6.45) is 4.33. The van der Waals surface area contributed by atoms with Crippen LogP contribution < -0.4 is 0 Å². The highest BCUT2D eigenvalue weighted by Gasteiger charge is 2.00. The molecule has 0 fully saturated rings. The molecule has 90 valence electrons. The molecule has 0 aliphatic heterocycles. The Morgan fingerprint density at radius 3 is 2.44 bits per heavy atom. The summed E-state index contributed by atoms with van der Waals surface area (Å²) in [6.45, 7) is 0. The second kappa shape index (κ2) is 4.69. The minimum absolute atomic E-state index is 1.11. The van der Waals surface area contributed by atoms with Crippen LogP contribution in [-0.2, 0) is 19.9 Å². The molecule has 0 saturated carbocycles. The zero-order chi connectivity index (χ0) is 12.4. The van der Waals surface area contributed by atoms with E-state index in [9.17, 15) is 0 Å².